The first kappa shape index (κ1) is 32.7. The number of piperidine rings is 1. The number of halogens is 5. The van der Waals surface area contributed by atoms with Gasteiger partial charge in [-0.1, -0.05) is 37.0 Å². The second-order valence-electron chi connectivity index (χ2n) is 10.0. The van der Waals surface area contributed by atoms with E-state index in [0.717, 1.165) is 0 Å². The van der Waals surface area contributed by atoms with Crippen molar-refractivity contribution in [2.24, 2.45) is 11.3 Å². The van der Waals surface area contributed by atoms with E-state index in [0.29, 0.717) is 36.6 Å². The molecular weight excluding hydrogens is 600 g/mol. The molecule has 5 nitrogen and oxygen atoms in total. The van der Waals surface area contributed by atoms with E-state index in [1.165, 1.54) is 17.0 Å². The van der Waals surface area contributed by atoms with E-state index in [1.54, 1.807) is 26.0 Å². The van der Waals surface area contributed by atoms with Crippen molar-refractivity contribution in [3.05, 3.63) is 77.7 Å². The third-order valence-electron chi connectivity index (χ3n) is 7.24. The van der Waals surface area contributed by atoms with Crippen LogP contribution in [0.2, 0.25) is 0 Å². The van der Waals surface area contributed by atoms with Crippen molar-refractivity contribution in [1.82, 2.24) is 10.2 Å². The summed E-state index contributed by atoms with van der Waals surface area (Å²) in [5.74, 6) is -4.08. The van der Waals surface area contributed by atoms with Crippen molar-refractivity contribution in [2.75, 3.05) is 13.1 Å². The summed E-state index contributed by atoms with van der Waals surface area (Å²) in [5.41, 5.74) is -2.04. The third-order valence-corrected chi connectivity index (χ3v) is 7.24. The fraction of sp³-hybridized carbons (Fsp3) is 0.429. The molecule has 1 N–H and O–H groups in total. The van der Waals surface area contributed by atoms with Gasteiger partial charge in [-0.3, -0.25) is 15.9 Å². The average Bonchev–Trinajstić information content (AvgIpc) is 2.86. The van der Waals surface area contributed by atoms with Crippen LogP contribution in [0, 0.1) is 29.9 Å². The first-order chi connectivity index (χ1) is 17.8. The number of nitrogens with zero attached hydrogens (tertiary/aromatic N) is 1. The Bertz CT molecular complexity index is 1180. The number of carbonyl (C=O) groups is 2. The van der Waals surface area contributed by atoms with Gasteiger partial charge in [0.05, 0.1) is 11.1 Å². The molecule has 3 rings (SSSR count). The molecule has 0 spiro atoms. The minimum Gasteiger partial charge on any atom is -0.542 e. The molecule has 209 valence electrons. The maximum absolute atomic E-state index is 14.2. The molecule has 1 unspecified atom stereocenters. The minimum absolute atomic E-state index is 0. The summed E-state index contributed by atoms with van der Waals surface area (Å²) in [7, 11) is 0. The van der Waals surface area contributed by atoms with Gasteiger partial charge >= 0.3 is 28.6 Å². The molecule has 1 aliphatic heterocycles. The van der Waals surface area contributed by atoms with Crippen LogP contribution in [-0.4, -0.2) is 42.1 Å². The number of benzene rings is 2. The van der Waals surface area contributed by atoms with Gasteiger partial charge in [0.15, 0.2) is 0 Å². The number of carbonyl (C=O) groups excluding carboxylic acids is 3. The van der Waals surface area contributed by atoms with Crippen LogP contribution < -0.4 is 5.32 Å². The summed E-state index contributed by atoms with van der Waals surface area (Å²) in [6, 6.07) is 6.34. The number of amides is 2. The summed E-state index contributed by atoms with van der Waals surface area (Å²) in [5, 5.41) is 2.40. The van der Waals surface area contributed by atoms with Gasteiger partial charge in [-0.25, -0.2) is 8.78 Å². The molecule has 2 amide bonds. The van der Waals surface area contributed by atoms with E-state index in [-0.39, 0.29) is 41.9 Å². The molecule has 1 fully saturated rings. The zero-order valence-corrected chi connectivity index (χ0v) is 23.7. The monoisotopic (exact) mass is 629 g/mol. The van der Waals surface area contributed by atoms with E-state index in [4.69, 9.17) is 0 Å². The van der Waals surface area contributed by atoms with Crippen LogP contribution in [0.3, 0.4) is 0 Å². The molecule has 1 heterocycles. The predicted octanol–water partition coefficient (Wildman–Crippen LogP) is 5.46. The van der Waals surface area contributed by atoms with E-state index in [1.807, 2.05) is 6.29 Å². The van der Waals surface area contributed by atoms with Crippen LogP contribution >= 0.6 is 0 Å². The zero-order chi connectivity index (χ0) is 28.3. The molecule has 0 aliphatic carbocycles. The summed E-state index contributed by atoms with van der Waals surface area (Å²) in [6.07, 6.45) is -2.08. The quantitative estimate of drug-likeness (QED) is 0.240. The molecule has 39 heavy (non-hydrogen) atoms. The Morgan fingerprint density at radius 3 is 2.28 bits per heavy atom. The second-order valence-corrected chi connectivity index (χ2v) is 10.0. The van der Waals surface area contributed by atoms with Crippen LogP contribution in [0.15, 0.2) is 42.5 Å². The van der Waals surface area contributed by atoms with Gasteiger partial charge in [0.2, 0.25) is 5.91 Å². The maximum atomic E-state index is 14.2. The van der Waals surface area contributed by atoms with Crippen LogP contribution in [0.5, 0.6) is 0 Å². The maximum Gasteiger partial charge on any atom is 2.00 e. The van der Waals surface area contributed by atoms with E-state index in [9.17, 15) is 36.3 Å². The average molecular weight is 629 g/mol. The van der Waals surface area contributed by atoms with Crippen molar-refractivity contribution >= 4 is 18.1 Å². The zero-order valence-electron chi connectivity index (χ0n) is 21.5. The van der Waals surface area contributed by atoms with E-state index < -0.39 is 64.0 Å². The Morgan fingerprint density at radius 2 is 1.74 bits per heavy atom. The number of hydrogen-bond acceptors (Lipinski definition) is 3. The molecule has 2 aromatic carbocycles. The molecule has 1 aliphatic rings. The summed E-state index contributed by atoms with van der Waals surface area (Å²) in [6.45, 7) is 7.89. The summed E-state index contributed by atoms with van der Waals surface area (Å²) >= 11 is 0. The molecule has 0 saturated carbocycles. The van der Waals surface area contributed by atoms with Gasteiger partial charge < -0.3 is 21.9 Å². The van der Waals surface area contributed by atoms with Crippen LogP contribution in [0.1, 0.15) is 60.5 Å². The number of likely N-dealkylation sites (tertiary alicyclic amines) is 1. The molecular formula is C28H29F5N2NbO3. The predicted molar refractivity (Wildman–Crippen MR) is 131 cm³/mol. The standard InChI is InChI=1S/C28H29F5N2O3.Nb/c1-17(2)24(34-25(37)22-16-20(28(31,32)33)7-8-23(22)30)26(38)35-12-9-27(10-13-35,11-14-36)18(3)19-5-4-6-21(29)15-19;/h4-8,15-18,24H,3,9-13H2,1-2H3,(H,34,37);/q-2;+2/t18?,24-;/m1./s1. The number of nitrogens with one attached hydrogen (secondary N) is 1. The molecule has 11 heteroatoms. The second kappa shape index (κ2) is 13.2. The van der Waals surface area contributed by atoms with Crippen molar-refractivity contribution in [3.63, 3.8) is 0 Å². The SMILES string of the molecule is [CH2-]C(c1cccc(F)c1)C1(C[C-]=O)CCN(C(=O)[C@H](NC(=O)c2cc(C(F)(F)F)ccc2F)C(C)C)CC1.[Nb+2]. The third kappa shape index (κ3) is 7.55. The molecule has 0 bridgehead atoms. The smallest absolute Gasteiger partial charge is 0.542 e. The Balaban J connectivity index is 0.00000533. The van der Waals surface area contributed by atoms with E-state index >= 15 is 0 Å². The largest absolute Gasteiger partial charge is 2.00 e. The Morgan fingerprint density at radius 1 is 1.10 bits per heavy atom. The molecule has 0 aromatic heterocycles. The normalized spacial score (nSPS) is 16.7. The van der Waals surface area contributed by atoms with E-state index in [2.05, 4.69) is 12.2 Å². The van der Waals surface area contributed by atoms with Crippen molar-refractivity contribution in [3.8, 4) is 0 Å². The van der Waals surface area contributed by atoms with Gasteiger partial charge in [0.1, 0.15) is 17.7 Å². The topological polar surface area (TPSA) is 66.5 Å². The van der Waals surface area contributed by atoms with Gasteiger partial charge in [-0.2, -0.15) is 13.2 Å². The first-order valence-electron chi connectivity index (χ1n) is 12.2. The molecule has 1 saturated heterocycles. The van der Waals surface area contributed by atoms with Crippen LogP contribution in [0.25, 0.3) is 0 Å². The minimum atomic E-state index is -4.77. The van der Waals surface area contributed by atoms with Crippen molar-refractivity contribution in [1.29, 1.82) is 0 Å². The molecule has 2 atom stereocenters. The molecule has 2 aromatic rings. The number of hydrogen-bond donors (Lipinski definition) is 1. The fourth-order valence-electron chi connectivity index (χ4n) is 4.85. The van der Waals surface area contributed by atoms with Crippen molar-refractivity contribution in [2.45, 2.75) is 51.2 Å². The fourth-order valence-corrected chi connectivity index (χ4v) is 4.85. The van der Waals surface area contributed by atoms with Gasteiger partial charge in [-0.05, 0) is 49.1 Å². The first-order valence-corrected chi connectivity index (χ1v) is 12.2. The number of rotatable bonds is 8. The number of alkyl halides is 3. The summed E-state index contributed by atoms with van der Waals surface area (Å²) in [4.78, 5) is 39.0. The Kier molecular flexibility index (Phi) is 11.0. The Labute approximate surface area is 240 Å². The Hall–Kier alpha value is -2.56. The molecule has 1 radical (unpaired) electrons. The van der Waals surface area contributed by atoms with Gasteiger partial charge in [-0.15, -0.1) is 12.3 Å². The van der Waals surface area contributed by atoms with Crippen molar-refractivity contribution < 1.29 is 58.7 Å². The summed E-state index contributed by atoms with van der Waals surface area (Å²) < 4.78 is 67.2. The van der Waals surface area contributed by atoms with Crippen LogP contribution in [-0.2, 0) is 38.1 Å². The van der Waals surface area contributed by atoms with Crippen LogP contribution in [0.4, 0.5) is 22.0 Å². The van der Waals surface area contributed by atoms with Gasteiger partial charge in [0.25, 0.3) is 5.91 Å². The van der Waals surface area contributed by atoms with Gasteiger partial charge in [0, 0.05) is 13.1 Å².